The third-order valence-electron chi connectivity index (χ3n) is 3.75. The number of hydrogen-bond acceptors (Lipinski definition) is 3. The van der Waals surface area contributed by atoms with Gasteiger partial charge in [0, 0.05) is 17.4 Å². The van der Waals surface area contributed by atoms with E-state index in [-0.39, 0.29) is 11.8 Å². The number of phenolic OH excluding ortho intramolecular Hbond substituents is 1. The van der Waals surface area contributed by atoms with E-state index in [4.69, 9.17) is 0 Å². The van der Waals surface area contributed by atoms with Crippen molar-refractivity contribution in [3.63, 3.8) is 0 Å². The maximum absolute atomic E-state index is 12.5. The van der Waals surface area contributed by atoms with Crippen LogP contribution in [-0.2, 0) is 16.0 Å². The molecule has 1 unspecified atom stereocenters. The Kier molecular flexibility index (Phi) is 3.55. The van der Waals surface area contributed by atoms with Crippen LogP contribution in [0.2, 0.25) is 0 Å². The second-order valence-corrected chi connectivity index (χ2v) is 5.36. The molecule has 0 bridgehead atoms. The third kappa shape index (κ3) is 2.53. The van der Waals surface area contributed by atoms with Crippen molar-refractivity contribution in [2.75, 3.05) is 10.2 Å². The van der Waals surface area contributed by atoms with Gasteiger partial charge < -0.3 is 15.3 Å². The van der Waals surface area contributed by atoms with E-state index in [2.05, 4.69) is 5.32 Å². The second kappa shape index (κ2) is 5.52. The summed E-state index contributed by atoms with van der Waals surface area (Å²) < 4.78 is 0. The molecule has 0 saturated heterocycles. The standard InChI is InChI=1S/C17H16N2O3/c1-11-10-12-4-2-3-5-15(12)19(11)17(22)16(21)18-13-6-8-14(20)9-7-13/h2-9,11,20H,10H2,1H3,(H,18,21). The molecule has 3 rings (SSSR count). The largest absolute Gasteiger partial charge is 0.508 e. The molecule has 112 valence electrons. The highest BCUT2D eigenvalue weighted by molar-refractivity contribution is 6.44. The lowest BCUT2D eigenvalue weighted by Gasteiger charge is -2.22. The zero-order valence-electron chi connectivity index (χ0n) is 12.1. The second-order valence-electron chi connectivity index (χ2n) is 5.36. The highest BCUT2D eigenvalue weighted by atomic mass is 16.3. The molecule has 2 aromatic carbocycles. The Balaban J connectivity index is 1.79. The summed E-state index contributed by atoms with van der Waals surface area (Å²) >= 11 is 0. The Morgan fingerprint density at radius 3 is 2.55 bits per heavy atom. The van der Waals surface area contributed by atoms with Crippen LogP contribution < -0.4 is 10.2 Å². The fourth-order valence-electron chi connectivity index (χ4n) is 2.71. The Bertz CT molecular complexity index is 725. The molecule has 0 aliphatic carbocycles. The van der Waals surface area contributed by atoms with E-state index in [9.17, 15) is 14.7 Å². The van der Waals surface area contributed by atoms with Gasteiger partial charge in [0.15, 0.2) is 0 Å². The molecule has 2 aromatic rings. The number of carbonyl (C=O) groups is 2. The lowest BCUT2D eigenvalue weighted by molar-refractivity contribution is -0.134. The van der Waals surface area contributed by atoms with Gasteiger partial charge in [-0.2, -0.15) is 0 Å². The minimum absolute atomic E-state index is 0.0459. The first-order valence-corrected chi connectivity index (χ1v) is 7.08. The molecule has 0 aromatic heterocycles. The Labute approximate surface area is 128 Å². The Morgan fingerprint density at radius 1 is 1.14 bits per heavy atom. The minimum atomic E-state index is -0.686. The normalized spacial score (nSPS) is 16.2. The molecular weight excluding hydrogens is 280 g/mol. The van der Waals surface area contributed by atoms with Crippen molar-refractivity contribution in [2.24, 2.45) is 0 Å². The number of carbonyl (C=O) groups excluding carboxylic acids is 2. The predicted molar refractivity (Wildman–Crippen MR) is 83.8 cm³/mol. The molecule has 2 amide bonds. The summed E-state index contributed by atoms with van der Waals surface area (Å²) in [7, 11) is 0. The number of nitrogens with one attached hydrogen (secondary N) is 1. The molecule has 1 heterocycles. The summed E-state index contributed by atoms with van der Waals surface area (Å²) in [5, 5.41) is 11.8. The topological polar surface area (TPSA) is 69.6 Å². The average Bonchev–Trinajstić information content (AvgIpc) is 2.84. The highest BCUT2D eigenvalue weighted by Crippen LogP contribution is 2.31. The highest BCUT2D eigenvalue weighted by Gasteiger charge is 2.34. The van der Waals surface area contributed by atoms with Crippen molar-refractivity contribution in [1.29, 1.82) is 0 Å². The Hall–Kier alpha value is -2.82. The number of rotatable bonds is 1. The minimum Gasteiger partial charge on any atom is -0.508 e. The molecule has 5 heteroatoms. The van der Waals surface area contributed by atoms with Gasteiger partial charge in [0.05, 0.1) is 0 Å². The van der Waals surface area contributed by atoms with Crippen molar-refractivity contribution in [3.05, 3.63) is 54.1 Å². The van der Waals surface area contributed by atoms with Crippen molar-refractivity contribution in [1.82, 2.24) is 0 Å². The zero-order valence-corrected chi connectivity index (χ0v) is 12.1. The summed E-state index contributed by atoms with van der Waals surface area (Å²) in [5.74, 6) is -1.16. The number of amides is 2. The van der Waals surface area contributed by atoms with Gasteiger partial charge in [-0.25, -0.2) is 0 Å². The van der Waals surface area contributed by atoms with E-state index >= 15 is 0 Å². The maximum atomic E-state index is 12.5. The number of aromatic hydroxyl groups is 1. The van der Waals surface area contributed by atoms with Gasteiger partial charge in [-0.15, -0.1) is 0 Å². The first-order chi connectivity index (χ1) is 10.6. The van der Waals surface area contributed by atoms with Gasteiger partial charge >= 0.3 is 11.8 Å². The van der Waals surface area contributed by atoms with E-state index in [0.29, 0.717) is 5.69 Å². The molecule has 2 N–H and O–H groups in total. The van der Waals surface area contributed by atoms with Crippen LogP contribution in [0.4, 0.5) is 11.4 Å². The number of nitrogens with zero attached hydrogens (tertiary/aromatic N) is 1. The number of benzene rings is 2. The molecule has 1 aliphatic heterocycles. The fraction of sp³-hybridized carbons (Fsp3) is 0.176. The van der Waals surface area contributed by atoms with Crippen LogP contribution in [-0.4, -0.2) is 23.0 Å². The van der Waals surface area contributed by atoms with Gasteiger partial charge in [0.25, 0.3) is 0 Å². The Morgan fingerprint density at radius 2 is 1.82 bits per heavy atom. The molecule has 5 nitrogen and oxygen atoms in total. The van der Waals surface area contributed by atoms with Gasteiger partial charge in [-0.05, 0) is 49.2 Å². The summed E-state index contributed by atoms with van der Waals surface area (Å²) in [6.07, 6.45) is 0.744. The molecule has 1 atom stereocenters. The molecule has 1 aliphatic rings. The molecule has 22 heavy (non-hydrogen) atoms. The van der Waals surface area contributed by atoms with Gasteiger partial charge in [-0.3, -0.25) is 9.59 Å². The third-order valence-corrected chi connectivity index (χ3v) is 3.75. The van der Waals surface area contributed by atoms with E-state index < -0.39 is 11.8 Å². The summed E-state index contributed by atoms with van der Waals surface area (Å²) in [5.41, 5.74) is 2.33. The molecule has 0 saturated carbocycles. The average molecular weight is 296 g/mol. The van der Waals surface area contributed by atoms with E-state index in [1.165, 1.54) is 17.0 Å². The van der Waals surface area contributed by atoms with Crippen LogP contribution in [0.1, 0.15) is 12.5 Å². The molecule has 0 spiro atoms. The smallest absolute Gasteiger partial charge is 0.316 e. The number of fused-ring (bicyclic) bond motifs is 1. The first-order valence-electron chi connectivity index (χ1n) is 7.08. The van der Waals surface area contributed by atoms with E-state index in [0.717, 1.165) is 17.7 Å². The summed E-state index contributed by atoms with van der Waals surface area (Å²) in [6, 6.07) is 13.5. The number of phenols is 1. The molecule has 0 fully saturated rings. The SMILES string of the molecule is CC1Cc2ccccc2N1C(=O)C(=O)Nc1ccc(O)cc1. The molecule has 0 radical (unpaired) electrons. The van der Waals surface area contributed by atoms with Gasteiger partial charge in [-0.1, -0.05) is 18.2 Å². The summed E-state index contributed by atoms with van der Waals surface area (Å²) in [4.78, 5) is 26.2. The quantitative estimate of drug-likeness (QED) is 0.626. The van der Waals surface area contributed by atoms with Crippen molar-refractivity contribution < 1.29 is 14.7 Å². The number of para-hydroxylation sites is 1. The van der Waals surface area contributed by atoms with E-state index in [1.54, 1.807) is 12.1 Å². The number of hydrogen-bond donors (Lipinski definition) is 2. The van der Waals surface area contributed by atoms with Crippen LogP contribution >= 0.6 is 0 Å². The van der Waals surface area contributed by atoms with Crippen molar-refractivity contribution in [2.45, 2.75) is 19.4 Å². The zero-order chi connectivity index (χ0) is 15.7. The summed E-state index contributed by atoms with van der Waals surface area (Å²) in [6.45, 7) is 1.92. The predicted octanol–water partition coefficient (Wildman–Crippen LogP) is 2.31. The monoisotopic (exact) mass is 296 g/mol. The van der Waals surface area contributed by atoms with Gasteiger partial charge in [0.2, 0.25) is 0 Å². The van der Waals surface area contributed by atoms with Gasteiger partial charge in [0.1, 0.15) is 5.75 Å². The lowest BCUT2D eigenvalue weighted by atomic mass is 10.1. The number of anilines is 2. The van der Waals surface area contributed by atoms with Crippen molar-refractivity contribution >= 4 is 23.2 Å². The molecular formula is C17H16N2O3. The lowest BCUT2D eigenvalue weighted by Crippen LogP contribution is -2.43. The first kappa shape index (κ1) is 14.1. The van der Waals surface area contributed by atoms with Crippen LogP contribution in [0.5, 0.6) is 5.75 Å². The van der Waals surface area contributed by atoms with Crippen LogP contribution in [0.3, 0.4) is 0 Å². The van der Waals surface area contributed by atoms with E-state index in [1.807, 2.05) is 31.2 Å². The maximum Gasteiger partial charge on any atom is 0.316 e. The van der Waals surface area contributed by atoms with Crippen LogP contribution in [0, 0.1) is 0 Å². The fourth-order valence-corrected chi connectivity index (χ4v) is 2.71. The van der Waals surface area contributed by atoms with Crippen molar-refractivity contribution in [3.8, 4) is 5.75 Å². The van der Waals surface area contributed by atoms with Crippen LogP contribution in [0.25, 0.3) is 0 Å². The van der Waals surface area contributed by atoms with Crippen LogP contribution in [0.15, 0.2) is 48.5 Å².